The fourth-order valence-electron chi connectivity index (χ4n) is 2.09. The predicted molar refractivity (Wildman–Crippen MR) is 71.8 cm³/mol. The van der Waals surface area contributed by atoms with Crippen molar-refractivity contribution in [2.75, 3.05) is 40.0 Å². The average Bonchev–Trinajstić information content (AvgIpc) is 2.36. The summed E-state index contributed by atoms with van der Waals surface area (Å²) in [5, 5.41) is 16.9. The lowest BCUT2D eigenvalue weighted by Gasteiger charge is -2.29. The van der Waals surface area contributed by atoms with Gasteiger partial charge in [-0.2, -0.15) is 0 Å². The average molecular weight is 260 g/mol. The van der Waals surface area contributed by atoms with Crippen molar-refractivity contribution >= 4 is 0 Å². The van der Waals surface area contributed by atoms with Crippen LogP contribution < -0.4 is 10.6 Å². The van der Waals surface area contributed by atoms with Crippen molar-refractivity contribution < 1.29 is 14.6 Å². The fraction of sp³-hybridized carbons (Fsp3) is 1.00. The minimum absolute atomic E-state index is 0.359. The number of rotatable bonds is 8. The molecule has 1 rings (SSSR count). The van der Waals surface area contributed by atoms with Crippen molar-refractivity contribution in [3.63, 3.8) is 0 Å². The van der Waals surface area contributed by atoms with Gasteiger partial charge in [0.05, 0.1) is 18.8 Å². The molecule has 5 heteroatoms. The van der Waals surface area contributed by atoms with Gasteiger partial charge in [0.1, 0.15) is 0 Å². The molecule has 1 heterocycles. The number of morpholine rings is 1. The lowest BCUT2D eigenvalue weighted by atomic mass is 10.0. The topological polar surface area (TPSA) is 62.8 Å². The van der Waals surface area contributed by atoms with Crippen LogP contribution in [0.5, 0.6) is 0 Å². The Balaban J connectivity index is 2.16. The molecular weight excluding hydrogens is 232 g/mol. The van der Waals surface area contributed by atoms with Crippen molar-refractivity contribution in [2.45, 2.75) is 44.4 Å². The van der Waals surface area contributed by atoms with Crippen LogP contribution in [0.25, 0.3) is 0 Å². The van der Waals surface area contributed by atoms with E-state index < -0.39 is 5.60 Å². The zero-order valence-corrected chi connectivity index (χ0v) is 11.9. The van der Waals surface area contributed by atoms with E-state index in [0.29, 0.717) is 31.7 Å². The Hall–Kier alpha value is -0.200. The van der Waals surface area contributed by atoms with Gasteiger partial charge in [0.25, 0.3) is 0 Å². The largest absolute Gasteiger partial charge is 0.389 e. The van der Waals surface area contributed by atoms with Gasteiger partial charge in [-0.3, -0.25) is 0 Å². The molecule has 18 heavy (non-hydrogen) atoms. The molecule has 0 aromatic carbocycles. The molecule has 0 bridgehead atoms. The number of nitrogens with one attached hydrogen (secondary N) is 2. The number of methoxy groups -OCH3 is 1. The molecule has 0 aromatic heterocycles. The lowest BCUT2D eigenvalue weighted by molar-refractivity contribution is 0.0215. The molecule has 108 valence electrons. The molecule has 3 unspecified atom stereocenters. The van der Waals surface area contributed by atoms with Gasteiger partial charge in [0, 0.05) is 45.3 Å². The predicted octanol–water partition coefficient (Wildman–Crippen LogP) is 0.131. The molecule has 0 radical (unpaired) electrons. The zero-order valence-electron chi connectivity index (χ0n) is 11.9. The summed E-state index contributed by atoms with van der Waals surface area (Å²) in [6, 6.07) is 0.781. The second-order valence-corrected chi connectivity index (χ2v) is 5.48. The Kier molecular flexibility index (Phi) is 7.11. The minimum atomic E-state index is -0.708. The summed E-state index contributed by atoms with van der Waals surface area (Å²) in [6.07, 6.45) is 1.66. The third-order valence-corrected chi connectivity index (χ3v) is 3.31. The van der Waals surface area contributed by atoms with Crippen LogP contribution in [0.3, 0.4) is 0 Å². The van der Waals surface area contributed by atoms with E-state index in [9.17, 15) is 5.11 Å². The van der Waals surface area contributed by atoms with E-state index in [1.807, 2.05) is 6.92 Å². The van der Waals surface area contributed by atoms with Crippen LogP contribution in [0.1, 0.15) is 26.7 Å². The number of hydrogen-bond acceptors (Lipinski definition) is 5. The molecule has 1 aliphatic rings. The third-order valence-electron chi connectivity index (χ3n) is 3.31. The minimum Gasteiger partial charge on any atom is -0.389 e. The lowest BCUT2D eigenvalue weighted by Crippen LogP contribution is -2.47. The van der Waals surface area contributed by atoms with E-state index in [0.717, 1.165) is 26.2 Å². The number of aliphatic hydroxyl groups is 1. The van der Waals surface area contributed by atoms with E-state index in [4.69, 9.17) is 9.47 Å². The van der Waals surface area contributed by atoms with E-state index in [-0.39, 0.29) is 0 Å². The molecule has 0 aliphatic carbocycles. The smallest absolute Gasteiger partial charge is 0.0765 e. The molecule has 0 saturated carbocycles. The quantitative estimate of drug-likeness (QED) is 0.579. The van der Waals surface area contributed by atoms with Crippen molar-refractivity contribution in [1.82, 2.24) is 10.6 Å². The van der Waals surface area contributed by atoms with Crippen LogP contribution in [0, 0.1) is 0 Å². The Morgan fingerprint density at radius 1 is 1.61 bits per heavy atom. The zero-order chi connectivity index (χ0) is 13.4. The summed E-state index contributed by atoms with van der Waals surface area (Å²) in [5.41, 5.74) is -0.708. The van der Waals surface area contributed by atoms with Crippen LogP contribution in [0.15, 0.2) is 0 Å². The highest BCUT2D eigenvalue weighted by molar-refractivity contribution is 4.80. The maximum Gasteiger partial charge on any atom is 0.0765 e. The van der Waals surface area contributed by atoms with Gasteiger partial charge in [-0.15, -0.1) is 0 Å². The van der Waals surface area contributed by atoms with E-state index in [1.54, 1.807) is 7.11 Å². The van der Waals surface area contributed by atoms with Gasteiger partial charge in [0.15, 0.2) is 0 Å². The SMILES string of the molecule is COCCC(C)(O)CNC(C)CC1COCCN1. The molecule has 0 amide bonds. The third kappa shape index (κ3) is 6.66. The Morgan fingerprint density at radius 3 is 3.00 bits per heavy atom. The van der Waals surface area contributed by atoms with E-state index >= 15 is 0 Å². The number of ether oxygens (including phenoxy) is 2. The second kappa shape index (κ2) is 8.07. The van der Waals surface area contributed by atoms with Gasteiger partial charge in [0.2, 0.25) is 0 Å². The Labute approximate surface area is 110 Å². The van der Waals surface area contributed by atoms with Gasteiger partial charge < -0.3 is 25.2 Å². The first kappa shape index (κ1) is 15.9. The highest BCUT2D eigenvalue weighted by Gasteiger charge is 2.22. The van der Waals surface area contributed by atoms with E-state index in [2.05, 4.69) is 17.6 Å². The molecule has 3 N–H and O–H groups in total. The van der Waals surface area contributed by atoms with Crippen molar-refractivity contribution in [2.24, 2.45) is 0 Å². The standard InChI is InChI=1S/C13H28N2O3/c1-11(8-12-9-18-7-5-14-12)15-10-13(2,16)4-6-17-3/h11-12,14-16H,4-10H2,1-3H3. The van der Waals surface area contributed by atoms with Crippen LogP contribution in [0.2, 0.25) is 0 Å². The molecule has 1 saturated heterocycles. The fourth-order valence-corrected chi connectivity index (χ4v) is 2.09. The van der Waals surface area contributed by atoms with Crippen LogP contribution in [0.4, 0.5) is 0 Å². The van der Waals surface area contributed by atoms with Gasteiger partial charge >= 0.3 is 0 Å². The molecule has 3 atom stereocenters. The highest BCUT2D eigenvalue weighted by Crippen LogP contribution is 2.09. The van der Waals surface area contributed by atoms with Crippen LogP contribution in [-0.4, -0.2) is 62.8 Å². The summed E-state index contributed by atoms with van der Waals surface area (Å²) >= 11 is 0. The van der Waals surface area contributed by atoms with Crippen LogP contribution >= 0.6 is 0 Å². The summed E-state index contributed by atoms with van der Waals surface area (Å²) < 4.78 is 10.4. The monoisotopic (exact) mass is 260 g/mol. The summed E-state index contributed by atoms with van der Waals surface area (Å²) in [7, 11) is 1.65. The van der Waals surface area contributed by atoms with Crippen molar-refractivity contribution in [3.8, 4) is 0 Å². The molecule has 0 spiro atoms. The molecule has 1 fully saturated rings. The normalized spacial score (nSPS) is 25.7. The van der Waals surface area contributed by atoms with Gasteiger partial charge in [-0.05, 0) is 20.3 Å². The Morgan fingerprint density at radius 2 is 2.39 bits per heavy atom. The summed E-state index contributed by atoms with van der Waals surface area (Å²) in [6.45, 7) is 7.68. The molecule has 1 aliphatic heterocycles. The second-order valence-electron chi connectivity index (χ2n) is 5.48. The summed E-state index contributed by atoms with van der Waals surface area (Å²) in [5.74, 6) is 0. The van der Waals surface area contributed by atoms with E-state index in [1.165, 1.54) is 0 Å². The summed E-state index contributed by atoms with van der Waals surface area (Å²) in [4.78, 5) is 0. The Bertz CT molecular complexity index is 218. The number of hydrogen-bond donors (Lipinski definition) is 3. The van der Waals surface area contributed by atoms with Gasteiger partial charge in [-0.1, -0.05) is 0 Å². The highest BCUT2D eigenvalue weighted by atomic mass is 16.5. The van der Waals surface area contributed by atoms with Crippen molar-refractivity contribution in [1.29, 1.82) is 0 Å². The first-order chi connectivity index (χ1) is 8.53. The molecule has 0 aromatic rings. The van der Waals surface area contributed by atoms with Gasteiger partial charge in [-0.25, -0.2) is 0 Å². The van der Waals surface area contributed by atoms with Crippen LogP contribution in [-0.2, 0) is 9.47 Å². The van der Waals surface area contributed by atoms with Crippen molar-refractivity contribution in [3.05, 3.63) is 0 Å². The maximum atomic E-state index is 10.1. The molecule has 5 nitrogen and oxygen atoms in total. The molecular formula is C13H28N2O3. The first-order valence-electron chi connectivity index (χ1n) is 6.79. The first-order valence-corrected chi connectivity index (χ1v) is 6.79. The maximum absolute atomic E-state index is 10.1.